The third-order valence-corrected chi connectivity index (χ3v) is 12.4. The molecule has 0 spiro atoms. The SMILES string of the molecule is Cc1nccc(-c2ccc(C[C@H](NC(=O)[C@@H]3Cc4cc5c(cc4CN3C(=O)N[C@H](C)c3ccccc3)O[C@@H](c3ccc(OCc4c(Cl)cccc4Cl)cc3)CO5)C(=O)O)cc2)c1C. The van der Waals surface area contributed by atoms with Crippen molar-refractivity contribution in [2.45, 2.75) is 71.0 Å². The van der Waals surface area contributed by atoms with E-state index >= 15 is 0 Å². The Morgan fingerprint density at radius 1 is 0.873 bits per heavy atom. The fourth-order valence-electron chi connectivity index (χ4n) is 7.94. The molecule has 0 fully saturated rings. The van der Waals surface area contributed by atoms with Crippen molar-refractivity contribution in [2.24, 2.45) is 0 Å². The Kier molecular flexibility index (Phi) is 12.9. The highest BCUT2D eigenvalue weighted by Gasteiger charge is 2.38. The number of carboxylic acid groups (broad SMARTS) is 1. The average molecular weight is 886 g/mol. The minimum Gasteiger partial charge on any atom is -0.489 e. The Hall–Kier alpha value is -6.56. The van der Waals surface area contributed by atoms with Crippen LogP contribution in [0, 0.1) is 13.8 Å². The van der Waals surface area contributed by atoms with E-state index in [1.54, 1.807) is 24.4 Å². The summed E-state index contributed by atoms with van der Waals surface area (Å²) in [7, 11) is 0. The molecule has 3 heterocycles. The summed E-state index contributed by atoms with van der Waals surface area (Å²) in [5, 5.41) is 17.2. The second kappa shape index (κ2) is 18.8. The molecular formula is C50H46Cl2N4O7. The van der Waals surface area contributed by atoms with Gasteiger partial charge in [-0.3, -0.25) is 9.78 Å². The zero-order valence-electron chi connectivity index (χ0n) is 34.9. The molecule has 322 valence electrons. The van der Waals surface area contributed by atoms with Crippen LogP contribution in [0.3, 0.4) is 0 Å². The minimum absolute atomic E-state index is 0.0449. The molecule has 63 heavy (non-hydrogen) atoms. The van der Waals surface area contributed by atoms with Gasteiger partial charge in [0.2, 0.25) is 5.91 Å². The highest BCUT2D eigenvalue weighted by Crippen LogP contribution is 2.41. The lowest BCUT2D eigenvalue weighted by atomic mass is 9.92. The van der Waals surface area contributed by atoms with Gasteiger partial charge in [-0.05, 0) is 108 Å². The number of hydrogen-bond donors (Lipinski definition) is 3. The fraction of sp³-hybridized carbons (Fsp3) is 0.240. The number of halogens is 2. The number of carbonyl (C=O) groups excluding carboxylic acids is 2. The smallest absolute Gasteiger partial charge is 0.326 e. The third-order valence-electron chi connectivity index (χ3n) is 11.7. The molecule has 0 radical (unpaired) electrons. The van der Waals surface area contributed by atoms with Gasteiger partial charge in [0, 0.05) is 46.9 Å². The van der Waals surface area contributed by atoms with Crippen LogP contribution in [-0.4, -0.2) is 51.6 Å². The quantitative estimate of drug-likeness (QED) is 0.110. The molecule has 0 aliphatic carbocycles. The number of aryl methyl sites for hydroxylation is 1. The van der Waals surface area contributed by atoms with Gasteiger partial charge >= 0.3 is 12.0 Å². The van der Waals surface area contributed by atoms with E-state index in [4.69, 9.17) is 37.4 Å². The van der Waals surface area contributed by atoms with Gasteiger partial charge in [0.15, 0.2) is 17.6 Å². The Bertz CT molecular complexity index is 2620. The summed E-state index contributed by atoms with van der Waals surface area (Å²) in [5.74, 6) is -0.107. The fourth-order valence-corrected chi connectivity index (χ4v) is 8.44. The van der Waals surface area contributed by atoms with Crippen molar-refractivity contribution >= 4 is 41.1 Å². The number of nitrogens with zero attached hydrogens (tertiary/aromatic N) is 2. The highest BCUT2D eigenvalue weighted by molar-refractivity contribution is 6.35. The summed E-state index contributed by atoms with van der Waals surface area (Å²) in [6.45, 7) is 6.36. The van der Waals surface area contributed by atoms with Crippen molar-refractivity contribution in [3.05, 3.63) is 176 Å². The molecule has 3 N–H and O–H groups in total. The topological polar surface area (TPSA) is 139 Å². The number of benzene rings is 5. The van der Waals surface area contributed by atoms with E-state index in [1.165, 1.54) is 4.90 Å². The molecule has 2 aliphatic heterocycles. The summed E-state index contributed by atoms with van der Waals surface area (Å²) in [5.41, 5.74) is 8.80. The second-order valence-corrected chi connectivity index (χ2v) is 16.7. The maximum atomic E-state index is 14.3. The molecule has 6 aromatic rings. The van der Waals surface area contributed by atoms with E-state index in [0.717, 1.165) is 50.2 Å². The van der Waals surface area contributed by atoms with Crippen LogP contribution in [0.5, 0.6) is 17.2 Å². The molecule has 4 atom stereocenters. The molecule has 0 bridgehead atoms. The van der Waals surface area contributed by atoms with Crippen LogP contribution in [0.2, 0.25) is 10.0 Å². The Labute approximate surface area is 375 Å². The second-order valence-electron chi connectivity index (χ2n) is 15.8. The number of carbonyl (C=O) groups is 3. The number of pyridine rings is 1. The Morgan fingerprint density at radius 2 is 1.59 bits per heavy atom. The van der Waals surface area contributed by atoms with Gasteiger partial charge in [-0.15, -0.1) is 0 Å². The maximum absolute atomic E-state index is 14.3. The Morgan fingerprint density at radius 3 is 2.30 bits per heavy atom. The molecule has 1 aromatic heterocycles. The van der Waals surface area contributed by atoms with Gasteiger partial charge in [0.25, 0.3) is 0 Å². The summed E-state index contributed by atoms with van der Waals surface area (Å²) in [6.07, 6.45) is 1.51. The van der Waals surface area contributed by atoms with Gasteiger partial charge < -0.3 is 34.9 Å². The van der Waals surface area contributed by atoms with E-state index in [0.29, 0.717) is 32.9 Å². The number of aromatic nitrogens is 1. The summed E-state index contributed by atoms with van der Waals surface area (Å²) in [6, 6.07) is 32.5. The number of carboxylic acids is 1. The molecule has 3 amide bonds. The number of hydrogen-bond acceptors (Lipinski definition) is 7. The molecule has 13 heteroatoms. The van der Waals surface area contributed by atoms with Crippen LogP contribution in [-0.2, 0) is 35.6 Å². The number of rotatable bonds is 12. The van der Waals surface area contributed by atoms with E-state index in [9.17, 15) is 19.5 Å². The first-order valence-corrected chi connectivity index (χ1v) is 21.4. The van der Waals surface area contributed by atoms with E-state index in [-0.39, 0.29) is 38.6 Å². The normalized spacial score (nSPS) is 16.3. The molecule has 11 nitrogen and oxygen atoms in total. The first kappa shape index (κ1) is 43.1. The number of fused-ring (bicyclic) bond motifs is 2. The predicted molar refractivity (Wildman–Crippen MR) is 241 cm³/mol. The lowest BCUT2D eigenvalue weighted by molar-refractivity contribution is -0.142. The van der Waals surface area contributed by atoms with E-state index in [2.05, 4.69) is 15.6 Å². The van der Waals surface area contributed by atoms with Crippen LogP contribution in [0.25, 0.3) is 11.1 Å². The van der Waals surface area contributed by atoms with Gasteiger partial charge in [0.05, 0.1) is 6.04 Å². The Balaban J connectivity index is 0.992. The van der Waals surface area contributed by atoms with Crippen molar-refractivity contribution in [2.75, 3.05) is 6.61 Å². The number of amides is 3. The molecule has 2 aliphatic rings. The van der Waals surface area contributed by atoms with Gasteiger partial charge in [-0.1, -0.05) is 96.0 Å². The number of ether oxygens (including phenoxy) is 3. The maximum Gasteiger partial charge on any atom is 0.326 e. The first-order valence-electron chi connectivity index (χ1n) is 20.7. The number of nitrogens with one attached hydrogen (secondary N) is 2. The van der Waals surface area contributed by atoms with Gasteiger partial charge in [-0.2, -0.15) is 0 Å². The standard InChI is InChI=1S/C50H46Cl2N4O7/c1-29-30(2)53-21-20-39(29)34-14-12-32(13-15-34)22-43(49(58)59)55-48(57)44-23-36-24-45-46(25-37(36)26-56(44)50(60)54-31(3)33-8-5-4-6-9-33)63-47(28-62-45)35-16-18-38(19-17-35)61-27-40-41(51)10-7-11-42(40)52/h4-21,24-25,31,43-44,47H,22-23,26-28H2,1-3H3,(H,54,60)(H,55,57)(H,58,59)/t31-,43+,44+,47-/m1/s1. The zero-order chi connectivity index (χ0) is 44.2. The van der Waals surface area contributed by atoms with Crippen molar-refractivity contribution in [1.29, 1.82) is 0 Å². The minimum atomic E-state index is -1.25. The predicted octanol–water partition coefficient (Wildman–Crippen LogP) is 9.77. The number of urea groups is 1. The molecule has 0 saturated carbocycles. The van der Waals surface area contributed by atoms with E-state index < -0.39 is 36.1 Å². The zero-order valence-corrected chi connectivity index (χ0v) is 36.5. The van der Waals surface area contributed by atoms with Crippen LogP contribution in [0.1, 0.15) is 63.7 Å². The summed E-state index contributed by atoms with van der Waals surface area (Å²) >= 11 is 12.6. The van der Waals surface area contributed by atoms with Gasteiger partial charge in [0.1, 0.15) is 31.0 Å². The monoisotopic (exact) mass is 884 g/mol. The number of aliphatic carboxylic acids is 1. The van der Waals surface area contributed by atoms with Crippen molar-refractivity contribution < 1.29 is 33.7 Å². The molecular weight excluding hydrogens is 839 g/mol. The van der Waals surface area contributed by atoms with Gasteiger partial charge in [-0.25, -0.2) is 9.59 Å². The lowest BCUT2D eigenvalue weighted by Gasteiger charge is -2.38. The third kappa shape index (κ3) is 9.75. The van der Waals surface area contributed by atoms with Crippen molar-refractivity contribution in [1.82, 2.24) is 20.5 Å². The van der Waals surface area contributed by atoms with E-state index in [1.807, 2.05) is 118 Å². The summed E-state index contributed by atoms with van der Waals surface area (Å²) in [4.78, 5) is 46.9. The molecule has 0 unspecified atom stereocenters. The van der Waals surface area contributed by atoms with Crippen molar-refractivity contribution in [3.63, 3.8) is 0 Å². The largest absolute Gasteiger partial charge is 0.489 e. The molecule has 5 aromatic carbocycles. The van der Waals surface area contributed by atoms with Crippen LogP contribution < -0.4 is 24.8 Å². The average Bonchev–Trinajstić information content (AvgIpc) is 3.29. The van der Waals surface area contributed by atoms with Crippen LogP contribution in [0.4, 0.5) is 4.79 Å². The van der Waals surface area contributed by atoms with Crippen LogP contribution >= 0.6 is 23.2 Å². The van der Waals surface area contributed by atoms with Crippen molar-refractivity contribution in [3.8, 4) is 28.4 Å². The highest BCUT2D eigenvalue weighted by atomic mass is 35.5. The molecule has 0 saturated heterocycles. The van der Waals surface area contributed by atoms with Crippen LogP contribution in [0.15, 0.2) is 121 Å². The molecule has 8 rings (SSSR count). The lowest BCUT2D eigenvalue weighted by Crippen LogP contribution is -2.57. The first-order chi connectivity index (χ1) is 30.4. The summed E-state index contributed by atoms with van der Waals surface area (Å²) < 4.78 is 18.7.